The Kier molecular flexibility index (Phi) is 3.69. The summed E-state index contributed by atoms with van der Waals surface area (Å²) >= 11 is 0. The number of para-hydroxylation sites is 1. The van der Waals surface area contributed by atoms with Crippen molar-refractivity contribution < 1.29 is 9.59 Å². The second-order valence-corrected chi connectivity index (χ2v) is 6.40. The topological polar surface area (TPSA) is 98.0 Å². The summed E-state index contributed by atoms with van der Waals surface area (Å²) in [4.78, 5) is 40.7. The summed E-state index contributed by atoms with van der Waals surface area (Å²) in [6, 6.07) is 8.50. The zero-order valence-electron chi connectivity index (χ0n) is 15.0. The maximum absolute atomic E-state index is 13.1. The summed E-state index contributed by atoms with van der Waals surface area (Å²) in [5, 5.41) is 5.16. The minimum atomic E-state index is -0.550. The maximum atomic E-state index is 13.1. The van der Waals surface area contributed by atoms with Crippen molar-refractivity contribution in [3.63, 3.8) is 0 Å². The van der Waals surface area contributed by atoms with Crippen molar-refractivity contribution in [1.82, 2.24) is 25.0 Å². The third-order valence-electron chi connectivity index (χ3n) is 4.57. The number of benzene rings is 1. The third kappa shape index (κ3) is 2.62. The number of carbonyl (C=O) groups is 2. The Morgan fingerprint density at radius 3 is 2.44 bits per heavy atom. The van der Waals surface area contributed by atoms with Crippen LogP contribution in [0.1, 0.15) is 22.8 Å². The van der Waals surface area contributed by atoms with Gasteiger partial charge in [-0.1, -0.05) is 12.1 Å². The minimum Gasteiger partial charge on any atom is -0.303 e. The number of hydrogen-bond acceptors (Lipinski definition) is 4. The molecule has 0 saturated carbocycles. The van der Waals surface area contributed by atoms with Gasteiger partial charge in [0.15, 0.2) is 0 Å². The molecule has 0 aliphatic carbocycles. The SMILES string of the molecule is Cc1cc(C=C2NC(=O)NC2=O)c(C)n1-n1c(C)nc2ccccc2c1=O. The van der Waals surface area contributed by atoms with Gasteiger partial charge in [0.25, 0.3) is 11.5 Å². The van der Waals surface area contributed by atoms with Gasteiger partial charge in [-0.2, -0.15) is 4.68 Å². The van der Waals surface area contributed by atoms with Gasteiger partial charge in [0.1, 0.15) is 11.5 Å². The summed E-state index contributed by atoms with van der Waals surface area (Å²) in [7, 11) is 0. The summed E-state index contributed by atoms with van der Waals surface area (Å²) in [5.41, 5.74) is 2.90. The van der Waals surface area contributed by atoms with E-state index in [1.807, 2.05) is 26.0 Å². The molecule has 27 heavy (non-hydrogen) atoms. The molecule has 136 valence electrons. The van der Waals surface area contributed by atoms with Crippen LogP contribution in [0, 0.1) is 20.8 Å². The quantitative estimate of drug-likeness (QED) is 0.534. The van der Waals surface area contributed by atoms with Crippen molar-refractivity contribution >= 4 is 28.9 Å². The van der Waals surface area contributed by atoms with Crippen LogP contribution in [0.15, 0.2) is 40.8 Å². The number of carbonyl (C=O) groups excluding carboxylic acids is 2. The lowest BCUT2D eigenvalue weighted by Crippen LogP contribution is -2.30. The highest BCUT2D eigenvalue weighted by Crippen LogP contribution is 2.19. The Morgan fingerprint density at radius 2 is 1.74 bits per heavy atom. The molecule has 3 heterocycles. The van der Waals surface area contributed by atoms with Crippen LogP contribution in [0.25, 0.3) is 17.0 Å². The van der Waals surface area contributed by atoms with Gasteiger partial charge >= 0.3 is 6.03 Å². The smallest absolute Gasteiger partial charge is 0.303 e. The van der Waals surface area contributed by atoms with Crippen molar-refractivity contribution in [3.8, 4) is 0 Å². The lowest BCUT2D eigenvalue weighted by molar-refractivity contribution is -0.115. The molecule has 3 aromatic rings. The standard InChI is InChI=1S/C19H17N5O3/c1-10-8-13(9-16-17(25)22-19(27)21-16)11(2)23(10)24-12(3)20-15-7-5-4-6-14(15)18(24)26/h4-9H,1-3H3,(H2,21,22,25,27). The summed E-state index contributed by atoms with van der Waals surface area (Å²) < 4.78 is 3.28. The predicted molar refractivity (Wildman–Crippen MR) is 100 cm³/mol. The fourth-order valence-corrected chi connectivity index (χ4v) is 3.34. The van der Waals surface area contributed by atoms with Gasteiger partial charge in [-0.25, -0.2) is 9.78 Å². The molecule has 3 amide bonds. The molecule has 0 bridgehead atoms. The van der Waals surface area contributed by atoms with Crippen LogP contribution in [-0.4, -0.2) is 26.3 Å². The van der Waals surface area contributed by atoms with E-state index in [2.05, 4.69) is 15.6 Å². The number of rotatable bonds is 2. The fraction of sp³-hybridized carbons (Fsp3) is 0.158. The number of amides is 3. The molecule has 4 rings (SSSR count). The highest BCUT2D eigenvalue weighted by Gasteiger charge is 2.24. The number of nitrogens with one attached hydrogen (secondary N) is 2. The van der Waals surface area contributed by atoms with E-state index in [9.17, 15) is 14.4 Å². The Morgan fingerprint density at radius 1 is 1.00 bits per heavy atom. The van der Waals surface area contributed by atoms with E-state index in [4.69, 9.17) is 0 Å². The van der Waals surface area contributed by atoms with Gasteiger partial charge in [-0.3, -0.25) is 19.6 Å². The maximum Gasteiger partial charge on any atom is 0.326 e. The van der Waals surface area contributed by atoms with Crippen molar-refractivity contribution in [2.24, 2.45) is 0 Å². The Bertz CT molecular complexity index is 1220. The van der Waals surface area contributed by atoms with Gasteiger partial charge in [0.2, 0.25) is 0 Å². The van der Waals surface area contributed by atoms with E-state index in [1.165, 1.54) is 4.68 Å². The molecule has 1 aromatic carbocycles. The average Bonchev–Trinajstić information content (AvgIpc) is 3.07. The van der Waals surface area contributed by atoms with Crippen molar-refractivity contribution in [2.45, 2.75) is 20.8 Å². The van der Waals surface area contributed by atoms with E-state index in [0.29, 0.717) is 16.7 Å². The number of fused-ring (bicyclic) bond motifs is 1. The predicted octanol–water partition coefficient (Wildman–Crippen LogP) is 1.61. The molecule has 2 aromatic heterocycles. The summed E-state index contributed by atoms with van der Waals surface area (Å²) in [6.07, 6.45) is 1.59. The molecule has 1 aliphatic rings. The molecular weight excluding hydrogens is 346 g/mol. The number of aryl methyl sites for hydroxylation is 2. The molecular formula is C19H17N5O3. The average molecular weight is 363 g/mol. The highest BCUT2D eigenvalue weighted by molar-refractivity contribution is 6.14. The van der Waals surface area contributed by atoms with Crippen LogP contribution in [-0.2, 0) is 4.79 Å². The Balaban J connectivity index is 1.92. The van der Waals surface area contributed by atoms with Gasteiger partial charge in [0, 0.05) is 11.4 Å². The Hall–Kier alpha value is -3.68. The number of aromatic nitrogens is 3. The lowest BCUT2D eigenvalue weighted by Gasteiger charge is -2.16. The monoisotopic (exact) mass is 363 g/mol. The zero-order valence-corrected chi connectivity index (χ0v) is 15.0. The first-order valence-corrected chi connectivity index (χ1v) is 8.39. The molecule has 0 radical (unpaired) electrons. The molecule has 0 atom stereocenters. The van der Waals surface area contributed by atoms with E-state index in [0.717, 1.165) is 17.0 Å². The van der Waals surface area contributed by atoms with Crippen LogP contribution < -0.4 is 16.2 Å². The summed E-state index contributed by atoms with van der Waals surface area (Å²) in [6.45, 7) is 5.48. The van der Waals surface area contributed by atoms with E-state index >= 15 is 0 Å². The fourth-order valence-electron chi connectivity index (χ4n) is 3.34. The second-order valence-electron chi connectivity index (χ2n) is 6.40. The van der Waals surface area contributed by atoms with E-state index < -0.39 is 11.9 Å². The Labute approximate surface area is 154 Å². The van der Waals surface area contributed by atoms with Crippen LogP contribution >= 0.6 is 0 Å². The van der Waals surface area contributed by atoms with Gasteiger partial charge in [-0.05, 0) is 50.6 Å². The van der Waals surface area contributed by atoms with E-state index in [1.54, 1.807) is 35.9 Å². The zero-order chi connectivity index (χ0) is 19.3. The molecule has 1 aliphatic heterocycles. The highest BCUT2D eigenvalue weighted by atomic mass is 16.2. The molecule has 2 N–H and O–H groups in total. The van der Waals surface area contributed by atoms with Crippen molar-refractivity contribution in [2.75, 3.05) is 0 Å². The molecule has 8 nitrogen and oxygen atoms in total. The first-order valence-electron chi connectivity index (χ1n) is 8.39. The van der Waals surface area contributed by atoms with Crippen LogP contribution in [0.2, 0.25) is 0 Å². The van der Waals surface area contributed by atoms with Gasteiger partial charge in [0.05, 0.1) is 10.9 Å². The largest absolute Gasteiger partial charge is 0.326 e. The third-order valence-corrected chi connectivity index (χ3v) is 4.57. The number of imide groups is 1. The van der Waals surface area contributed by atoms with Crippen LogP contribution in [0.5, 0.6) is 0 Å². The van der Waals surface area contributed by atoms with E-state index in [-0.39, 0.29) is 11.3 Å². The molecule has 0 unspecified atom stereocenters. The first kappa shape index (κ1) is 16.8. The minimum absolute atomic E-state index is 0.168. The molecule has 0 spiro atoms. The van der Waals surface area contributed by atoms with Gasteiger partial charge in [-0.15, -0.1) is 0 Å². The number of nitrogens with zero attached hydrogens (tertiary/aromatic N) is 3. The van der Waals surface area contributed by atoms with Gasteiger partial charge < -0.3 is 5.32 Å². The normalized spacial score (nSPS) is 15.4. The number of hydrogen-bond donors (Lipinski definition) is 2. The first-order chi connectivity index (χ1) is 12.9. The molecule has 1 fully saturated rings. The van der Waals surface area contributed by atoms with Crippen LogP contribution in [0.4, 0.5) is 4.79 Å². The molecule has 8 heteroatoms. The van der Waals surface area contributed by atoms with Crippen molar-refractivity contribution in [1.29, 1.82) is 0 Å². The van der Waals surface area contributed by atoms with Crippen LogP contribution in [0.3, 0.4) is 0 Å². The lowest BCUT2D eigenvalue weighted by atomic mass is 10.2. The number of urea groups is 1. The molecule has 1 saturated heterocycles. The summed E-state index contributed by atoms with van der Waals surface area (Å²) in [5.74, 6) is 0.0668. The second kappa shape index (κ2) is 5.94. The van der Waals surface area contributed by atoms with Crippen molar-refractivity contribution in [3.05, 3.63) is 69.2 Å².